The van der Waals surface area contributed by atoms with Crippen LogP contribution in [0.1, 0.15) is 30.6 Å². The van der Waals surface area contributed by atoms with Crippen LogP contribution in [0, 0.1) is 0 Å². The van der Waals surface area contributed by atoms with Crippen LogP contribution in [-0.2, 0) is 0 Å². The Morgan fingerprint density at radius 1 is 1.21 bits per heavy atom. The summed E-state index contributed by atoms with van der Waals surface area (Å²) in [6.45, 7) is 7.05. The minimum atomic E-state index is 0.212. The topological polar surface area (TPSA) is 33.2 Å². The molecule has 0 radical (unpaired) electrons. The van der Waals surface area contributed by atoms with Crippen molar-refractivity contribution in [2.24, 2.45) is 0 Å². The highest BCUT2D eigenvalue weighted by Crippen LogP contribution is 2.18. The van der Waals surface area contributed by atoms with Gasteiger partial charge in [-0.1, -0.05) is 32.0 Å². The third kappa shape index (κ3) is 3.18. The Morgan fingerprint density at radius 3 is 2.74 bits per heavy atom. The van der Waals surface area contributed by atoms with Gasteiger partial charge in [0.2, 0.25) is 0 Å². The van der Waals surface area contributed by atoms with Crippen molar-refractivity contribution in [3.05, 3.63) is 42.2 Å². The number of ketones is 1. The highest BCUT2D eigenvalue weighted by atomic mass is 16.1. The Labute approximate surface area is 114 Å². The Hall–Kier alpha value is -1.74. The van der Waals surface area contributed by atoms with Crippen molar-refractivity contribution in [1.29, 1.82) is 0 Å². The van der Waals surface area contributed by atoms with E-state index in [0.29, 0.717) is 6.42 Å². The van der Waals surface area contributed by atoms with Crippen LogP contribution in [0.4, 0.5) is 0 Å². The van der Waals surface area contributed by atoms with Crippen molar-refractivity contribution in [2.75, 3.05) is 19.6 Å². The Kier molecular flexibility index (Phi) is 4.63. The van der Waals surface area contributed by atoms with Crippen LogP contribution in [0.15, 0.2) is 36.7 Å². The van der Waals surface area contributed by atoms with Gasteiger partial charge < -0.3 is 4.90 Å². The first-order chi connectivity index (χ1) is 9.26. The van der Waals surface area contributed by atoms with Crippen LogP contribution >= 0.6 is 0 Å². The standard InChI is InChI=1S/C16H20N2O/c1-3-18(4-2)11-9-16(19)15-7-5-6-13-12-17-10-8-14(13)15/h5-8,10,12H,3-4,9,11H2,1-2H3. The number of rotatable bonds is 6. The van der Waals surface area contributed by atoms with Crippen LogP contribution in [-0.4, -0.2) is 35.3 Å². The van der Waals surface area contributed by atoms with Crippen molar-refractivity contribution in [2.45, 2.75) is 20.3 Å². The number of aromatic nitrogens is 1. The molecule has 0 bridgehead atoms. The van der Waals surface area contributed by atoms with Gasteiger partial charge in [0, 0.05) is 36.3 Å². The van der Waals surface area contributed by atoms with Crippen molar-refractivity contribution < 1.29 is 4.79 Å². The van der Waals surface area contributed by atoms with Crippen LogP contribution in [0.25, 0.3) is 10.8 Å². The lowest BCUT2D eigenvalue weighted by Crippen LogP contribution is -2.25. The lowest BCUT2D eigenvalue weighted by atomic mass is 10.0. The molecule has 1 aromatic heterocycles. The molecule has 0 saturated heterocycles. The maximum Gasteiger partial charge on any atom is 0.164 e. The number of hydrogen-bond acceptors (Lipinski definition) is 3. The van der Waals surface area contributed by atoms with Crippen molar-refractivity contribution in [3.8, 4) is 0 Å². The Morgan fingerprint density at radius 2 is 2.00 bits per heavy atom. The van der Waals surface area contributed by atoms with E-state index in [4.69, 9.17) is 0 Å². The number of benzene rings is 1. The van der Waals surface area contributed by atoms with Gasteiger partial charge in [-0.15, -0.1) is 0 Å². The monoisotopic (exact) mass is 256 g/mol. The summed E-state index contributed by atoms with van der Waals surface area (Å²) in [6, 6.07) is 7.74. The normalized spacial score (nSPS) is 11.1. The molecule has 0 aliphatic heterocycles. The molecule has 2 rings (SSSR count). The van der Waals surface area contributed by atoms with Gasteiger partial charge in [-0.2, -0.15) is 0 Å². The van der Waals surface area contributed by atoms with Gasteiger partial charge >= 0.3 is 0 Å². The fraction of sp³-hybridized carbons (Fsp3) is 0.375. The molecule has 0 amide bonds. The average molecular weight is 256 g/mol. The molecule has 19 heavy (non-hydrogen) atoms. The van der Waals surface area contributed by atoms with Crippen LogP contribution in [0.3, 0.4) is 0 Å². The summed E-state index contributed by atoms with van der Waals surface area (Å²) < 4.78 is 0. The second kappa shape index (κ2) is 6.43. The van der Waals surface area contributed by atoms with Gasteiger partial charge in [0.05, 0.1) is 0 Å². The van der Waals surface area contributed by atoms with Gasteiger partial charge in [0.25, 0.3) is 0 Å². The fourth-order valence-corrected chi connectivity index (χ4v) is 2.30. The molecule has 100 valence electrons. The van der Waals surface area contributed by atoms with E-state index >= 15 is 0 Å². The first-order valence-corrected chi connectivity index (χ1v) is 6.84. The summed E-state index contributed by atoms with van der Waals surface area (Å²) in [5.41, 5.74) is 0.812. The quantitative estimate of drug-likeness (QED) is 0.744. The zero-order valence-corrected chi connectivity index (χ0v) is 11.6. The molecule has 2 aromatic rings. The summed E-state index contributed by atoms with van der Waals surface area (Å²) in [7, 11) is 0. The molecule has 1 aromatic carbocycles. The Bertz CT molecular complexity index is 556. The molecule has 0 unspecified atom stereocenters. The van der Waals surface area contributed by atoms with E-state index in [2.05, 4.69) is 23.7 Å². The molecule has 3 nitrogen and oxygen atoms in total. The summed E-state index contributed by atoms with van der Waals surface area (Å²) >= 11 is 0. The Balaban J connectivity index is 2.17. The predicted molar refractivity (Wildman–Crippen MR) is 78.5 cm³/mol. The van der Waals surface area contributed by atoms with Crippen molar-refractivity contribution in [3.63, 3.8) is 0 Å². The van der Waals surface area contributed by atoms with Crippen LogP contribution in [0.5, 0.6) is 0 Å². The zero-order chi connectivity index (χ0) is 13.7. The average Bonchev–Trinajstić information content (AvgIpc) is 2.47. The third-order valence-electron chi connectivity index (χ3n) is 3.53. The zero-order valence-electron chi connectivity index (χ0n) is 11.6. The SMILES string of the molecule is CCN(CC)CCC(=O)c1cccc2cnccc12. The number of pyridine rings is 1. The molecule has 0 aliphatic rings. The molecule has 1 heterocycles. The molecule has 0 fully saturated rings. The van der Waals surface area contributed by atoms with Crippen LogP contribution < -0.4 is 0 Å². The molecular formula is C16H20N2O. The molecule has 0 N–H and O–H groups in total. The first-order valence-electron chi connectivity index (χ1n) is 6.84. The molecule has 0 spiro atoms. The van der Waals surface area contributed by atoms with E-state index in [1.165, 1.54) is 0 Å². The van der Waals surface area contributed by atoms with E-state index in [1.807, 2.05) is 24.3 Å². The largest absolute Gasteiger partial charge is 0.303 e. The van der Waals surface area contributed by atoms with Crippen molar-refractivity contribution in [1.82, 2.24) is 9.88 Å². The number of fused-ring (bicyclic) bond motifs is 1. The van der Waals surface area contributed by atoms with E-state index in [-0.39, 0.29) is 5.78 Å². The maximum absolute atomic E-state index is 12.3. The number of nitrogens with zero attached hydrogens (tertiary/aromatic N) is 2. The van der Waals surface area contributed by atoms with Crippen LogP contribution in [0.2, 0.25) is 0 Å². The lowest BCUT2D eigenvalue weighted by molar-refractivity contribution is 0.0968. The minimum absolute atomic E-state index is 0.212. The number of hydrogen-bond donors (Lipinski definition) is 0. The fourth-order valence-electron chi connectivity index (χ4n) is 2.30. The summed E-state index contributed by atoms with van der Waals surface area (Å²) in [5.74, 6) is 0.212. The van der Waals surface area contributed by atoms with Gasteiger partial charge in [0.1, 0.15) is 0 Å². The molecule has 0 aliphatic carbocycles. The van der Waals surface area contributed by atoms with E-state index in [0.717, 1.165) is 36.0 Å². The second-order valence-electron chi connectivity index (χ2n) is 4.60. The number of Topliss-reactive ketones (excluding diaryl/α,β-unsaturated/α-hetero) is 1. The van der Waals surface area contributed by atoms with Gasteiger partial charge in [-0.05, 0) is 24.5 Å². The van der Waals surface area contributed by atoms with Gasteiger partial charge in [0.15, 0.2) is 5.78 Å². The predicted octanol–water partition coefficient (Wildman–Crippen LogP) is 3.15. The highest BCUT2D eigenvalue weighted by molar-refractivity contribution is 6.07. The van der Waals surface area contributed by atoms with Crippen molar-refractivity contribution >= 4 is 16.6 Å². The molecular weight excluding hydrogens is 236 g/mol. The van der Waals surface area contributed by atoms with E-state index in [9.17, 15) is 4.79 Å². The van der Waals surface area contributed by atoms with E-state index < -0.39 is 0 Å². The molecule has 3 heteroatoms. The maximum atomic E-state index is 12.3. The second-order valence-corrected chi connectivity index (χ2v) is 4.60. The number of carbonyl (C=O) groups excluding carboxylic acids is 1. The highest BCUT2D eigenvalue weighted by Gasteiger charge is 2.11. The summed E-state index contributed by atoms with van der Waals surface area (Å²) in [5, 5.41) is 2.03. The summed E-state index contributed by atoms with van der Waals surface area (Å²) in [6.07, 6.45) is 4.11. The summed E-state index contributed by atoms with van der Waals surface area (Å²) in [4.78, 5) is 18.7. The molecule has 0 atom stereocenters. The minimum Gasteiger partial charge on any atom is -0.303 e. The smallest absolute Gasteiger partial charge is 0.164 e. The van der Waals surface area contributed by atoms with Gasteiger partial charge in [-0.25, -0.2) is 0 Å². The first kappa shape index (κ1) is 13.7. The molecule has 0 saturated carbocycles. The number of carbonyl (C=O) groups is 1. The third-order valence-corrected chi connectivity index (χ3v) is 3.53. The lowest BCUT2D eigenvalue weighted by Gasteiger charge is -2.17. The van der Waals surface area contributed by atoms with E-state index in [1.54, 1.807) is 12.4 Å². The van der Waals surface area contributed by atoms with Gasteiger partial charge in [-0.3, -0.25) is 9.78 Å².